The first-order chi connectivity index (χ1) is 18.2. The van der Waals surface area contributed by atoms with Crippen molar-refractivity contribution in [3.8, 4) is 11.3 Å². The minimum absolute atomic E-state index is 0.0531. The molecule has 0 amide bonds. The van der Waals surface area contributed by atoms with Gasteiger partial charge in [-0.3, -0.25) is 4.98 Å². The first kappa shape index (κ1) is 23.4. The largest absolute Gasteiger partial charge is 0.359 e. The first-order valence-corrected chi connectivity index (χ1v) is 17.1. The fraction of sp³-hybridized carbons (Fsp3) is 0.273. The van der Waals surface area contributed by atoms with Crippen LogP contribution in [0.5, 0.6) is 0 Å². The van der Waals surface area contributed by atoms with Crippen molar-refractivity contribution in [1.82, 2.24) is 4.98 Å². The molecule has 0 saturated heterocycles. The molecule has 0 spiro atoms. The Bertz CT molecular complexity index is 1630. The van der Waals surface area contributed by atoms with Gasteiger partial charge >= 0.3 is 0 Å². The summed E-state index contributed by atoms with van der Waals surface area (Å²) in [6.45, 7) is 11.4. The molecule has 4 aromatic rings. The number of aryl methyl sites for hydroxylation is 2. The number of likely N-dealkylation sites (N-methyl/N-ethyl adjacent to an activating group) is 1. The van der Waals surface area contributed by atoms with Crippen molar-refractivity contribution in [2.24, 2.45) is 0 Å². The zero-order valence-corrected chi connectivity index (χ0v) is 24.1. The van der Waals surface area contributed by atoms with Crippen molar-refractivity contribution in [2.45, 2.75) is 51.0 Å². The van der Waals surface area contributed by atoms with Gasteiger partial charge in [-0.2, -0.15) is 4.57 Å². The van der Waals surface area contributed by atoms with E-state index in [1.807, 2.05) is 13.8 Å². The number of hydrogen-bond acceptors (Lipinski definition) is 3. The lowest BCUT2D eigenvalue weighted by Gasteiger charge is -2.49. The predicted molar refractivity (Wildman–Crippen MR) is 159 cm³/mol. The average Bonchev–Trinajstić information content (AvgIpc) is 3.52. The van der Waals surface area contributed by atoms with Crippen molar-refractivity contribution in [3.05, 3.63) is 108 Å². The van der Waals surface area contributed by atoms with Gasteiger partial charge in [0.2, 0.25) is 5.69 Å². The zero-order chi connectivity index (χ0) is 26.4. The van der Waals surface area contributed by atoms with E-state index in [0.717, 1.165) is 22.8 Å². The SMILES string of the molecule is Cc1cc(Nc2ccccc2N(C)C23C=C2C2C3c3ccccc3-c3ccc([Si](C)(C)C)c[n+]32)cc(C)n1. The number of nitrogens with zero attached hydrogens (tertiary/aromatic N) is 3. The summed E-state index contributed by atoms with van der Waals surface area (Å²) in [7, 11) is 0.839. The Kier molecular flexibility index (Phi) is 4.87. The summed E-state index contributed by atoms with van der Waals surface area (Å²) in [4.78, 5) is 7.06. The molecule has 1 fully saturated rings. The van der Waals surface area contributed by atoms with Crippen LogP contribution in [0.2, 0.25) is 19.6 Å². The van der Waals surface area contributed by atoms with Gasteiger partial charge in [0, 0.05) is 40.9 Å². The lowest BCUT2D eigenvalue weighted by molar-refractivity contribution is -0.715. The number of anilines is 3. The molecule has 190 valence electrons. The summed E-state index contributed by atoms with van der Waals surface area (Å²) in [6.07, 6.45) is 5.00. The van der Waals surface area contributed by atoms with Crippen LogP contribution in [0.25, 0.3) is 11.3 Å². The monoisotopic (exact) mass is 515 g/mol. The molecule has 0 bridgehead atoms. The van der Waals surface area contributed by atoms with E-state index in [2.05, 4.69) is 132 Å². The number of pyridine rings is 2. The molecule has 38 heavy (non-hydrogen) atoms. The lowest BCUT2D eigenvalue weighted by atomic mass is 9.64. The molecule has 2 aromatic carbocycles. The molecule has 0 radical (unpaired) electrons. The van der Waals surface area contributed by atoms with Crippen LogP contribution >= 0.6 is 0 Å². The Hall–Kier alpha value is -3.70. The van der Waals surface area contributed by atoms with Gasteiger partial charge < -0.3 is 10.2 Å². The summed E-state index contributed by atoms with van der Waals surface area (Å²) in [5.74, 6) is 0.395. The maximum atomic E-state index is 4.55. The molecule has 1 saturated carbocycles. The van der Waals surface area contributed by atoms with Gasteiger partial charge in [-0.05, 0) is 55.8 Å². The van der Waals surface area contributed by atoms with E-state index in [1.165, 1.54) is 27.7 Å². The Morgan fingerprint density at radius 3 is 2.39 bits per heavy atom. The van der Waals surface area contributed by atoms with Gasteiger partial charge in [-0.15, -0.1) is 0 Å². The fourth-order valence-corrected chi connectivity index (χ4v) is 8.00. The fourth-order valence-electron chi connectivity index (χ4n) is 6.89. The molecule has 1 aliphatic heterocycles. The van der Waals surface area contributed by atoms with Gasteiger partial charge in [0.25, 0.3) is 0 Å². The predicted octanol–water partition coefficient (Wildman–Crippen LogP) is 6.41. The van der Waals surface area contributed by atoms with Crippen molar-refractivity contribution in [3.63, 3.8) is 0 Å². The van der Waals surface area contributed by atoms with Crippen LogP contribution in [0.3, 0.4) is 0 Å². The van der Waals surface area contributed by atoms with Gasteiger partial charge in [-0.1, -0.05) is 56.0 Å². The Balaban J connectivity index is 1.29. The second kappa shape index (κ2) is 7.90. The minimum Gasteiger partial charge on any atom is -0.359 e. The molecular weight excluding hydrogens is 480 g/mol. The van der Waals surface area contributed by atoms with E-state index in [0.29, 0.717) is 12.0 Å². The van der Waals surface area contributed by atoms with Crippen LogP contribution in [0.1, 0.15) is 28.9 Å². The third-order valence-corrected chi connectivity index (χ3v) is 10.8. The number of hydrogen-bond donors (Lipinski definition) is 1. The number of rotatable bonds is 5. The molecule has 5 heteroatoms. The van der Waals surface area contributed by atoms with Crippen molar-refractivity contribution in [2.75, 3.05) is 17.3 Å². The summed E-state index contributed by atoms with van der Waals surface area (Å²) < 4.78 is 2.60. The van der Waals surface area contributed by atoms with Crippen molar-refractivity contribution >= 4 is 30.3 Å². The molecule has 7 rings (SSSR count). The maximum Gasteiger partial charge on any atom is 0.213 e. The number of nitrogens with one attached hydrogen (secondary N) is 1. The van der Waals surface area contributed by atoms with Crippen LogP contribution in [0, 0.1) is 13.8 Å². The topological polar surface area (TPSA) is 32.0 Å². The normalized spacial score (nSPS) is 22.2. The Morgan fingerprint density at radius 1 is 0.921 bits per heavy atom. The summed E-state index contributed by atoms with van der Waals surface area (Å²) in [6, 6.07) is 27.1. The molecular formula is C33H35N4Si+. The van der Waals surface area contributed by atoms with Crippen LogP contribution in [-0.2, 0) is 0 Å². The molecule has 2 aromatic heterocycles. The van der Waals surface area contributed by atoms with Gasteiger partial charge in [0.05, 0.1) is 30.9 Å². The zero-order valence-electron chi connectivity index (χ0n) is 23.1. The van der Waals surface area contributed by atoms with Gasteiger partial charge in [0.15, 0.2) is 12.2 Å². The van der Waals surface area contributed by atoms with Crippen LogP contribution < -0.4 is 20.0 Å². The second-order valence-corrected chi connectivity index (χ2v) is 17.3. The highest BCUT2D eigenvalue weighted by molar-refractivity contribution is 6.88. The second-order valence-electron chi connectivity index (χ2n) is 12.2. The average molecular weight is 516 g/mol. The van der Waals surface area contributed by atoms with E-state index < -0.39 is 8.07 Å². The molecule has 4 nitrogen and oxygen atoms in total. The molecule has 3 heterocycles. The number of fused-ring (bicyclic) bond motifs is 9. The highest BCUT2D eigenvalue weighted by Crippen LogP contribution is 2.71. The third kappa shape index (κ3) is 3.27. The summed E-state index contributed by atoms with van der Waals surface area (Å²) in [5.41, 5.74) is 11.1. The van der Waals surface area contributed by atoms with Gasteiger partial charge in [-0.25, -0.2) is 0 Å². The highest BCUT2D eigenvalue weighted by Gasteiger charge is 2.75. The molecule has 2 aliphatic carbocycles. The van der Waals surface area contributed by atoms with Crippen LogP contribution in [0.15, 0.2) is 90.6 Å². The molecule has 3 unspecified atom stereocenters. The van der Waals surface area contributed by atoms with Crippen molar-refractivity contribution in [1.29, 1.82) is 0 Å². The van der Waals surface area contributed by atoms with Crippen LogP contribution in [0.4, 0.5) is 17.1 Å². The molecule has 3 aliphatic rings. The number of aromatic nitrogens is 2. The number of benzene rings is 2. The van der Waals surface area contributed by atoms with Crippen LogP contribution in [-0.4, -0.2) is 25.6 Å². The highest BCUT2D eigenvalue weighted by atomic mass is 28.3. The standard InChI is InChI=1S/C33H35N4Si/c1-21-17-23(18-22(2)34-21)35-28-13-9-10-14-30(28)36(3)33-19-27(33)32-31(33)26-12-8-7-11-25(26)29-16-15-24(20-37(29)32)38(4,5)6/h7-20,31-32H,1-6H3,(H,34,35)/q+1. The Labute approximate surface area is 226 Å². The number of para-hydroxylation sites is 2. The minimum atomic E-state index is -1.43. The first-order valence-electron chi connectivity index (χ1n) is 13.6. The third-order valence-electron chi connectivity index (χ3n) is 8.76. The smallest absolute Gasteiger partial charge is 0.213 e. The Morgan fingerprint density at radius 2 is 1.63 bits per heavy atom. The molecule has 3 atom stereocenters. The van der Waals surface area contributed by atoms with E-state index in [9.17, 15) is 0 Å². The van der Waals surface area contributed by atoms with E-state index in [-0.39, 0.29) is 5.54 Å². The van der Waals surface area contributed by atoms with E-state index in [4.69, 9.17) is 0 Å². The quantitative estimate of drug-likeness (QED) is 0.189. The van der Waals surface area contributed by atoms with E-state index >= 15 is 0 Å². The summed E-state index contributed by atoms with van der Waals surface area (Å²) >= 11 is 0. The van der Waals surface area contributed by atoms with Crippen molar-refractivity contribution < 1.29 is 4.57 Å². The molecule has 1 N–H and O–H groups in total. The maximum absolute atomic E-state index is 4.55. The van der Waals surface area contributed by atoms with Gasteiger partial charge in [0.1, 0.15) is 5.54 Å². The summed E-state index contributed by atoms with van der Waals surface area (Å²) in [5, 5.41) is 5.22. The van der Waals surface area contributed by atoms with E-state index in [1.54, 1.807) is 5.57 Å². The lowest BCUT2D eigenvalue weighted by Crippen LogP contribution is -2.64.